The molecule has 0 radical (unpaired) electrons. The highest BCUT2D eigenvalue weighted by molar-refractivity contribution is 5.94. The van der Waals surface area contributed by atoms with E-state index in [4.69, 9.17) is 18.9 Å². The van der Waals surface area contributed by atoms with Crippen LogP contribution < -0.4 is 24.8 Å². The molecule has 1 aromatic heterocycles. The van der Waals surface area contributed by atoms with Crippen LogP contribution in [0.5, 0.6) is 17.2 Å². The molecule has 1 saturated heterocycles. The average Bonchev–Trinajstić information content (AvgIpc) is 3.24. The van der Waals surface area contributed by atoms with Gasteiger partial charge in [0, 0.05) is 38.0 Å². The van der Waals surface area contributed by atoms with E-state index < -0.39 is 12.1 Å². The molecule has 3 heterocycles. The predicted octanol–water partition coefficient (Wildman–Crippen LogP) is 1.67. The van der Waals surface area contributed by atoms with E-state index in [9.17, 15) is 9.59 Å². The summed E-state index contributed by atoms with van der Waals surface area (Å²) in [5.41, 5.74) is 0.550. The molecule has 170 valence electrons. The normalized spacial score (nSPS) is 19.3. The highest BCUT2D eigenvalue weighted by Gasteiger charge is 2.41. The first-order chi connectivity index (χ1) is 15.6. The number of likely N-dealkylation sites (tertiary alicyclic amines) is 1. The summed E-state index contributed by atoms with van der Waals surface area (Å²) in [6.07, 6.45) is 3.28. The van der Waals surface area contributed by atoms with Crippen molar-refractivity contribution in [2.75, 3.05) is 45.3 Å². The van der Waals surface area contributed by atoms with Crippen molar-refractivity contribution >= 4 is 17.6 Å². The van der Waals surface area contributed by atoms with Crippen LogP contribution in [-0.4, -0.2) is 74.0 Å². The number of benzene rings is 1. The first kappa shape index (κ1) is 21.7. The fourth-order valence-electron chi connectivity index (χ4n) is 3.68. The third-order valence-corrected chi connectivity index (χ3v) is 5.16. The van der Waals surface area contributed by atoms with Gasteiger partial charge in [0.2, 0.25) is 5.91 Å². The van der Waals surface area contributed by atoms with E-state index in [1.807, 2.05) is 0 Å². The minimum absolute atomic E-state index is 0.253. The Morgan fingerprint density at radius 3 is 2.84 bits per heavy atom. The van der Waals surface area contributed by atoms with Gasteiger partial charge in [-0.1, -0.05) is 0 Å². The molecule has 1 fully saturated rings. The third-order valence-electron chi connectivity index (χ3n) is 5.16. The lowest BCUT2D eigenvalue weighted by molar-refractivity contribution is -0.124. The zero-order valence-corrected chi connectivity index (χ0v) is 17.8. The minimum atomic E-state index is -0.675. The Morgan fingerprint density at radius 1 is 1.22 bits per heavy atom. The number of carbonyl (C=O) groups excluding carboxylic acids is 2. The van der Waals surface area contributed by atoms with Crippen molar-refractivity contribution in [3.63, 3.8) is 0 Å². The fraction of sp³-hybridized carbons (Fsp3) is 0.409. The number of pyridine rings is 1. The summed E-state index contributed by atoms with van der Waals surface area (Å²) < 4.78 is 22.0. The monoisotopic (exact) mass is 442 g/mol. The highest BCUT2D eigenvalue weighted by Crippen LogP contribution is 2.33. The molecule has 0 aliphatic carbocycles. The standard InChI is InChI=1S/C22H26N4O6/c1-29-8-7-24-21(27)18-12-17(32-16-3-2-6-23-13-16)14-26(18)22(28)25-15-4-5-19-20(11-15)31-10-9-30-19/h2-6,11,13,17-18H,7-10,12,14H2,1H3,(H,24,27)(H,25,28)/t17-,18+/m0/s1. The number of aromatic nitrogens is 1. The number of rotatable bonds is 7. The summed E-state index contributed by atoms with van der Waals surface area (Å²) in [6, 6.07) is 7.68. The van der Waals surface area contributed by atoms with Crippen molar-refractivity contribution in [1.29, 1.82) is 0 Å². The zero-order chi connectivity index (χ0) is 22.3. The Bertz CT molecular complexity index is 941. The molecule has 0 spiro atoms. The lowest BCUT2D eigenvalue weighted by Gasteiger charge is -2.24. The van der Waals surface area contributed by atoms with Crippen molar-refractivity contribution < 1.29 is 28.5 Å². The van der Waals surface area contributed by atoms with Crippen LogP contribution in [0.3, 0.4) is 0 Å². The molecule has 2 aliphatic heterocycles. The van der Waals surface area contributed by atoms with E-state index in [2.05, 4.69) is 15.6 Å². The first-order valence-corrected chi connectivity index (χ1v) is 10.4. The van der Waals surface area contributed by atoms with Gasteiger partial charge >= 0.3 is 6.03 Å². The van der Waals surface area contributed by atoms with Crippen molar-refractivity contribution in [2.24, 2.45) is 0 Å². The lowest BCUT2D eigenvalue weighted by Crippen LogP contribution is -2.48. The van der Waals surface area contributed by atoms with Gasteiger partial charge in [-0.3, -0.25) is 9.78 Å². The topological polar surface area (TPSA) is 111 Å². The van der Waals surface area contributed by atoms with E-state index >= 15 is 0 Å². The number of nitrogens with one attached hydrogen (secondary N) is 2. The second-order valence-corrected chi connectivity index (χ2v) is 7.40. The number of urea groups is 1. The SMILES string of the molecule is COCCNC(=O)[C@H]1C[C@H](Oc2cccnc2)CN1C(=O)Nc1ccc2c(c1)OCCO2. The Morgan fingerprint density at radius 2 is 2.06 bits per heavy atom. The molecule has 10 heteroatoms. The van der Waals surface area contributed by atoms with Gasteiger partial charge in [-0.05, 0) is 24.3 Å². The number of hydrogen-bond acceptors (Lipinski definition) is 7. The molecule has 0 saturated carbocycles. The quantitative estimate of drug-likeness (QED) is 0.628. The molecule has 2 atom stereocenters. The van der Waals surface area contributed by atoms with Crippen LogP contribution in [0.4, 0.5) is 10.5 Å². The maximum Gasteiger partial charge on any atom is 0.322 e. The molecular weight excluding hydrogens is 416 g/mol. The van der Waals surface area contributed by atoms with Crippen LogP contribution in [0.25, 0.3) is 0 Å². The summed E-state index contributed by atoms with van der Waals surface area (Å²) in [5, 5.41) is 5.66. The van der Waals surface area contributed by atoms with Gasteiger partial charge < -0.3 is 34.5 Å². The number of ether oxygens (including phenoxy) is 4. The van der Waals surface area contributed by atoms with E-state index in [-0.39, 0.29) is 18.6 Å². The smallest absolute Gasteiger partial charge is 0.322 e. The number of anilines is 1. The summed E-state index contributed by atoms with van der Waals surface area (Å²) in [6.45, 7) is 1.95. The molecule has 2 aromatic rings. The Kier molecular flexibility index (Phi) is 6.90. The van der Waals surface area contributed by atoms with Crippen LogP contribution in [0.2, 0.25) is 0 Å². The lowest BCUT2D eigenvalue weighted by atomic mass is 10.2. The minimum Gasteiger partial charge on any atom is -0.487 e. The molecule has 0 unspecified atom stereocenters. The van der Waals surface area contributed by atoms with Crippen molar-refractivity contribution in [3.05, 3.63) is 42.7 Å². The molecule has 1 aromatic carbocycles. The largest absolute Gasteiger partial charge is 0.487 e. The third kappa shape index (κ3) is 5.20. The average molecular weight is 442 g/mol. The number of fused-ring (bicyclic) bond motifs is 1. The number of methoxy groups -OCH3 is 1. The molecular formula is C22H26N4O6. The Labute approximate surface area is 185 Å². The van der Waals surface area contributed by atoms with E-state index in [1.54, 1.807) is 49.8 Å². The summed E-state index contributed by atoms with van der Waals surface area (Å²) in [5.74, 6) is 1.54. The van der Waals surface area contributed by atoms with Crippen LogP contribution in [0, 0.1) is 0 Å². The number of carbonyl (C=O) groups is 2. The molecule has 32 heavy (non-hydrogen) atoms. The highest BCUT2D eigenvalue weighted by atomic mass is 16.6. The van der Waals surface area contributed by atoms with E-state index in [0.717, 1.165) is 0 Å². The summed E-state index contributed by atoms with van der Waals surface area (Å²) >= 11 is 0. The van der Waals surface area contributed by atoms with Gasteiger partial charge in [0.15, 0.2) is 11.5 Å². The number of nitrogens with zero attached hydrogens (tertiary/aromatic N) is 2. The Balaban J connectivity index is 1.46. The second-order valence-electron chi connectivity index (χ2n) is 7.40. The Hall–Kier alpha value is -3.53. The summed E-state index contributed by atoms with van der Waals surface area (Å²) in [4.78, 5) is 31.4. The van der Waals surface area contributed by atoms with Gasteiger partial charge in [0.1, 0.15) is 31.1 Å². The molecule has 2 aliphatic rings. The maximum atomic E-state index is 13.1. The zero-order valence-electron chi connectivity index (χ0n) is 17.8. The molecule has 10 nitrogen and oxygen atoms in total. The van der Waals surface area contributed by atoms with Crippen molar-refractivity contribution in [2.45, 2.75) is 18.6 Å². The van der Waals surface area contributed by atoms with Gasteiger partial charge in [0.25, 0.3) is 0 Å². The van der Waals surface area contributed by atoms with Crippen LogP contribution >= 0.6 is 0 Å². The van der Waals surface area contributed by atoms with Gasteiger partial charge in [-0.25, -0.2) is 4.79 Å². The van der Waals surface area contributed by atoms with Crippen LogP contribution in [0.1, 0.15) is 6.42 Å². The van der Waals surface area contributed by atoms with Crippen molar-refractivity contribution in [3.8, 4) is 17.2 Å². The molecule has 2 N–H and O–H groups in total. The molecule has 3 amide bonds. The van der Waals surface area contributed by atoms with Crippen LogP contribution in [-0.2, 0) is 9.53 Å². The van der Waals surface area contributed by atoms with Gasteiger partial charge in [-0.2, -0.15) is 0 Å². The molecule has 4 rings (SSSR count). The van der Waals surface area contributed by atoms with Gasteiger partial charge in [0.05, 0.1) is 19.3 Å². The predicted molar refractivity (Wildman–Crippen MR) is 115 cm³/mol. The number of hydrogen-bond donors (Lipinski definition) is 2. The van der Waals surface area contributed by atoms with Crippen LogP contribution in [0.15, 0.2) is 42.7 Å². The molecule has 0 bridgehead atoms. The second kappa shape index (κ2) is 10.2. The first-order valence-electron chi connectivity index (χ1n) is 10.4. The fourth-order valence-corrected chi connectivity index (χ4v) is 3.68. The number of amides is 3. The van der Waals surface area contributed by atoms with E-state index in [0.29, 0.717) is 55.7 Å². The van der Waals surface area contributed by atoms with Crippen molar-refractivity contribution in [1.82, 2.24) is 15.2 Å². The summed E-state index contributed by atoms with van der Waals surface area (Å²) in [7, 11) is 1.56. The van der Waals surface area contributed by atoms with Gasteiger partial charge in [-0.15, -0.1) is 0 Å². The van der Waals surface area contributed by atoms with E-state index in [1.165, 1.54) is 4.90 Å². The maximum absolute atomic E-state index is 13.1.